The zero-order chi connectivity index (χ0) is 24.2. The van der Waals surface area contributed by atoms with Gasteiger partial charge in [0.05, 0.1) is 17.2 Å². The van der Waals surface area contributed by atoms with Crippen molar-refractivity contribution in [3.8, 4) is 11.5 Å². The number of methoxy groups -OCH3 is 1. The molecule has 174 valence electrons. The van der Waals surface area contributed by atoms with Crippen molar-refractivity contribution in [2.24, 2.45) is 0 Å². The lowest BCUT2D eigenvalue weighted by atomic mass is 10.1. The second-order valence-corrected chi connectivity index (χ2v) is 8.94. The molecule has 0 unspecified atom stereocenters. The standard InChI is InChI=1S/C26H22FIN2O4/c1-16-6-5-7-17(10-16)15-34-24-21(28)11-18(13-23(24)33-2)12-22-25(31)30(26(32)29-22)14-19-8-3-4-9-20(19)27/h3-13H,14-15H2,1-2H3,(H,29,32)/b22-12+. The molecule has 6 nitrogen and oxygen atoms in total. The monoisotopic (exact) mass is 572 g/mol. The molecular weight excluding hydrogens is 550 g/mol. The van der Waals surface area contributed by atoms with Crippen LogP contribution in [0.5, 0.6) is 11.5 Å². The summed E-state index contributed by atoms with van der Waals surface area (Å²) in [5.41, 5.74) is 3.21. The molecule has 0 aromatic heterocycles. The van der Waals surface area contributed by atoms with E-state index < -0.39 is 17.8 Å². The van der Waals surface area contributed by atoms with E-state index >= 15 is 0 Å². The van der Waals surface area contributed by atoms with Crippen molar-refractivity contribution in [2.75, 3.05) is 7.11 Å². The Labute approximate surface area is 210 Å². The highest BCUT2D eigenvalue weighted by molar-refractivity contribution is 14.1. The fourth-order valence-electron chi connectivity index (χ4n) is 3.60. The van der Waals surface area contributed by atoms with Crippen LogP contribution in [0, 0.1) is 16.3 Å². The molecule has 1 aliphatic heterocycles. The Morgan fingerprint density at radius 2 is 1.88 bits per heavy atom. The molecule has 0 radical (unpaired) electrons. The lowest BCUT2D eigenvalue weighted by Crippen LogP contribution is -2.30. The smallest absolute Gasteiger partial charge is 0.329 e. The molecule has 1 N–H and O–H groups in total. The number of hydrogen-bond acceptors (Lipinski definition) is 4. The first-order valence-corrected chi connectivity index (χ1v) is 11.6. The summed E-state index contributed by atoms with van der Waals surface area (Å²) in [6, 6.07) is 17.1. The number of imide groups is 1. The van der Waals surface area contributed by atoms with Gasteiger partial charge in [-0.15, -0.1) is 0 Å². The number of amides is 3. The maximum atomic E-state index is 14.0. The molecule has 0 atom stereocenters. The van der Waals surface area contributed by atoms with E-state index in [0.29, 0.717) is 23.7 Å². The third-order valence-corrected chi connectivity index (χ3v) is 6.08. The van der Waals surface area contributed by atoms with Gasteiger partial charge in [0.2, 0.25) is 0 Å². The number of benzene rings is 3. The third kappa shape index (κ3) is 5.22. The highest BCUT2D eigenvalue weighted by Gasteiger charge is 2.34. The molecule has 0 spiro atoms. The van der Waals surface area contributed by atoms with E-state index in [2.05, 4.69) is 34.0 Å². The minimum Gasteiger partial charge on any atom is -0.493 e. The molecule has 3 aromatic rings. The Hall–Kier alpha value is -3.40. The van der Waals surface area contributed by atoms with Gasteiger partial charge in [-0.25, -0.2) is 9.18 Å². The van der Waals surface area contributed by atoms with Gasteiger partial charge in [-0.3, -0.25) is 9.69 Å². The second kappa shape index (κ2) is 10.3. The van der Waals surface area contributed by atoms with Crippen LogP contribution in [0.1, 0.15) is 22.3 Å². The quantitative estimate of drug-likeness (QED) is 0.233. The second-order valence-electron chi connectivity index (χ2n) is 7.78. The summed E-state index contributed by atoms with van der Waals surface area (Å²) in [6.45, 7) is 2.26. The fourth-order valence-corrected chi connectivity index (χ4v) is 4.38. The summed E-state index contributed by atoms with van der Waals surface area (Å²) in [5.74, 6) is 0.101. The van der Waals surface area contributed by atoms with E-state index in [1.807, 2.05) is 31.2 Å². The van der Waals surface area contributed by atoms with E-state index in [1.165, 1.54) is 6.07 Å². The first-order chi connectivity index (χ1) is 16.4. The average molecular weight is 572 g/mol. The number of carbonyl (C=O) groups excluding carboxylic acids is 2. The topological polar surface area (TPSA) is 67.9 Å². The van der Waals surface area contributed by atoms with Crippen molar-refractivity contribution >= 4 is 40.6 Å². The Kier molecular flexibility index (Phi) is 7.16. The number of rotatable bonds is 7. The first-order valence-electron chi connectivity index (χ1n) is 10.5. The maximum Gasteiger partial charge on any atom is 0.329 e. The number of urea groups is 1. The van der Waals surface area contributed by atoms with Gasteiger partial charge < -0.3 is 14.8 Å². The SMILES string of the molecule is COc1cc(/C=C2/NC(=O)N(Cc3ccccc3F)C2=O)cc(I)c1OCc1cccc(C)c1. The van der Waals surface area contributed by atoms with Crippen LogP contribution < -0.4 is 14.8 Å². The van der Waals surface area contributed by atoms with E-state index in [9.17, 15) is 14.0 Å². The molecule has 34 heavy (non-hydrogen) atoms. The van der Waals surface area contributed by atoms with Crippen molar-refractivity contribution in [1.82, 2.24) is 10.2 Å². The minimum atomic E-state index is -0.598. The number of nitrogens with one attached hydrogen (secondary N) is 1. The molecule has 0 saturated carbocycles. The van der Waals surface area contributed by atoms with E-state index in [-0.39, 0.29) is 17.8 Å². The third-order valence-electron chi connectivity index (χ3n) is 5.28. The minimum absolute atomic E-state index is 0.104. The van der Waals surface area contributed by atoms with Crippen LogP contribution >= 0.6 is 22.6 Å². The number of ether oxygens (including phenoxy) is 2. The Morgan fingerprint density at radius 3 is 2.62 bits per heavy atom. The largest absolute Gasteiger partial charge is 0.493 e. The maximum absolute atomic E-state index is 14.0. The molecule has 0 aliphatic carbocycles. The van der Waals surface area contributed by atoms with Crippen molar-refractivity contribution in [2.45, 2.75) is 20.1 Å². The molecule has 1 fully saturated rings. The Balaban J connectivity index is 1.54. The van der Waals surface area contributed by atoms with Gasteiger partial charge >= 0.3 is 6.03 Å². The van der Waals surface area contributed by atoms with Gasteiger partial charge in [-0.2, -0.15) is 0 Å². The van der Waals surface area contributed by atoms with Gasteiger partial charge in [0.15, 0.2) is 11.5 Å². The first kappa shape index (κ1) is 23.7. The van der Waals surface area contributed by atoms with Crippen LogP contribution in [-0.4, -0.2) is 23.9 Å². The summed E-state index contributed by atoms with van der Waals surface area (Å²) in [6.07, 6.45) is 1.57. The predicted molar refractivity (Wildman–Crippen MR) is 135 cm³/mol. The number of nitrogens with zero attached hydrogens (tertiary/aromatic N) is 1. The van der Waals surface area contributed by atoms with Gasteiger partial charge in [0, 0.05) is 5.56 Å². The highest BCUT2D eigenvalue weighted by atomic mass is 127. The fraction of sp³-hybridized carbons (Fsp3) is 0.154. The summed E-state index contributed by atoms with van der Waals surface area (Å²) in [5, 5.41) is 2.57. The zero-order valence-electron chi connectivity index (χ0n) is 18.6. The number of halogens is 2. The Bertz CT molecular complexity index is 1290. The Morgan fingerprint density at radius 1 is 1.09 bits per heavy atom. The van der Waals surface area contributed by atoms with Crippen LogP contribution in [-0.2, 0) is 17.9 Å². The van der Waals surface area contributed by atoms with Crippen LogP contribution in [0.4, 0.5) is 9.18 Å². The number of aryl methyl sites for hydroxylation is 1. The zero-order valence-corrected chi connectivity index (χ0v) is 20.8. The summed E-state index contributed by atoms with van der Waals surface area (Å²) < 4.78 is 26.3. The summed E-state index contributed by atoms with van der Waals surface area (Å²) in [7, 11) is 1.54. The van der Waals surface area contributed by atoms with Crippen LogP contribution in [0.25, 0.3) is 6.08 Å². The van der Waals surface area contributed by atoms with Crippen LogP contribution in [0.15, 0.2) is 66.4 Å². The van der Waals surface area contributed by atoms with Crippen LogP contribution in [0.2, 0.25) is 0 Å². The lowest BCUT2D eigenvalue weighted by molar-refractivity contribution is -0.123. The summed E-state index contributed by atoms with van der Waals surface area (Å²) >= 11 is 2.14. The lowest BCUT2D eigenvalue weighted by Gasteiger charge is -2.14. The average Bonchev–Trinajstić information content (AvgIpc) is 3.06. The molecule has 0 bridgehead atoms. The molecule has 1 saturated heterocycles. The van der Waals surface area contributed by atoms with Gasteiger partial charge in [-0.1, -0.05) is 48.0 Å². The highest BCUT2D eigenvalue weighted by Crippen LogP contribution is 2.35. The molecule has 1 heterocycles. The van der Waals surface area contributed by atoms with E-state index in [0.717, 1.165) is 19.6 Å². The molecule has 1 aliphatic rings. The van der Waals surface area contributed by atoms with Gasteiger partial charge in [-0.05, 0) is 64.9 Å². The molecule has 3 amide bonds. The van der Waals surface area contributed by atoms with E-state index in [4.69, 9.17) is 9.47 Å². The number of carbonyl (C=O) groups is 2. The van der Waals surface area contributed by atoms with E-state index in [1.54, 1.807) is 37.5 Å². The van der Waals surface area contributed by atoms with Crippen molar-refractivity contribution in [3.05, 3.63) is 98.0 Å². The molecular formula is C26H22FIN2O4. The van der Waals surface area contributed by atoms with Crippen molar-refractivity contribution in [3.63, 3.8) is 0 Å². The van der Waals surface area contributed by atoms with Gasteiger partial charge in [0.1, 0.15) is 18.1 Å². The van der Waals surface area contributed by atoms with Crippen molar-refractivity contribution in [1.29, 1.82) is 0 Å². The predicted octanol–water partition coefficient (Wildman–Crippen LogP) is 5.42. The molecule has 8 heteroatoms. The summed E-state index contributed by atoms with van der Waals surface area (Å²) in [4.78, 5) is 26.2. The number of hydrogen-bond donors (Lipinski definition) is 1. The van der Waals surface area contributed by atoms with Crippen molar-refractivity contribution < 1.29 is 23.5 Å². The van der Waals surface area contributed by atoms with Gasteiger partial charge in [0.25, 0.3) is 5.91 Å². The normalized spacial score (nSPS) is 14.5. The molecule has 4 rings (SSSR count). The molecule has 3 aromatic carbocycles. The van der Waals surface area contributed by atoms with Crippen LogP contribution in [0.3, 0.4) is 0 Å².